The number of hydrogen-bond donors (Lipinski definition) is 2. The van der Waals surface area contributed by atoms with Crippen LogP contribution in [0.4, 0.5) is 4.39 Å². The minimum Gasteiger partial charge on any atom is -0.478 e. The van der Waals surface area contributed by atoms with Gasteiger partial charge in [0.15, 0.2) is 0 Å². The first kappa shape index (κ1) is 20.3. The van der Waals surface area contributed by atoms with Gasteiger partial charge in [-0.15, -0.1) is 0 Å². The highest BCUT2D eigenvalue weighted by atomic mass is 19.1. The monoisotopic (exact) mass is 412 g/mol. The van der Waals surface area contributed by atoms with E-state index in [2.05, 4.69) is 23.2 Å². The molecule has 154 valence electrons. The van der Waals surface area contributed by atoms with Crippen LogP contribution in [0.5, 0.6) is 0 Å². The van der Waals surface area contributed by atoms with Crippen LogP contribution in [0.25, 0.3) is 28.1 Å². The van der Waals surface area contributed by atoms with Gasteiger partial charge in [0.2, 0.25) is 0 Å². The molecule has 0 spiro atoms. The van der Waals surface area contributed by atoms with Crippen molar-refractivity contribution in [2.75, 3.05) is 0 Å². The molecule has 3 aromatic carbocycles. The third kappa shape index (κ3) is 4.46. The summed E-state index contributed by atoms with van der Waals surface area (Å²) in [6.07, 6.45) is 5.23. The summed E-state index contributed by atoms with van der Waals surface area (Å²) in [5, 5.41) is 17.0. The lowest BCUT2D eigenvalue weighted by molar-refractivity contribution is -0.131. The Kier molecular flexibility index (Phi) is 5.76. The van der Waals surface area contributed by atoms with E-state index in [0.717, 1.165) is 56.8 Å². The average molecular weight is 412 g/mol. The first-order valence-corrected chi connectivity index (χ1v) is 9.99. The van der Waals surface area contributed by atoms with Crippen LogP contribution in [0.2, 0.25) is 0 Å². The Morgan fingerprint density at radius 1 is 1.00 bits per heavy atom. The van der Waals surface area contributed by atoms with E-state index in [0.29, 0.717) is 0 Å². The number of allylic oxidation sites excluding steroid dienone is 1. The van der Waals surface area contributed by atoms with Gasteiger partial charge >= 0.3 is 5.97 Å². The number of aliphatic carboxylic acids is 1. The van der Waals surface area contributed by atoms with Gasteiger partial charge in [-0.3, -0.25) is 5.10 Å². The summed E-state index contributed by atoms with van der Waals surface area (Å²) in [4.78, 5) is 10.8. The molecule has 1 heterocycles. The molecular weight excluding hydrogens is 391 g/mol. The van der Waals surface area contributed by atoms with Gasteiger partial charge in [-0.05, 0) is 70.2 Å². The van der Waals surface area contributed by atoms with Crippen LogP contribution < -0.4 is 0 Å². The lowest BCUT2D eigenvalue weighted by atomic mass is 9.87. The smallest absolute Gasteiger partial charge is 0.328 e. The molecule has 0 atom stereocenters. The lowest BCUT2D eigenvalue weighted by Gasteiger charge is -2.17. The molecule has 4 nitrogen and oxygen atoms in total. The van der Waals surface area contributed by atoms with E-state index in [4.69, 9.17) is 5.11 Å². The maximum atomic E-state index is 13.5. The highest BCUT2D eigenvalue weighted by molar-refractivity contribution is 6.00. The minimum absolute atomic E-state index is 0.268. The fourth-order valence-electron chi connectivity index (χ4n) is 3.72. The number of benzene rings is 3. The van der Waals surface area contributed by atoms with E-state index in [1.165, 1.54) is 12.1 Å². The maximum absolute atomic E-state index is 13.5. The third-order valence-corrected chi connectivity index (χ3v) is 5.19. The number of H-pyrrole nitrogens is 1. The van der Waals surface area contributed by atoms with Crippen LogP contribution in [0.3, 0.4) is 0 Å². The number of carbonyl (C=O) groups is 1. The molecule has 0 aliphatic heterocycles. The summed E-state index contributed by atoms with van der Waals surface area (Å²) >= 11 is 0. The van der Waals surface area contributed by atoms with Crippen LogP contribution in [0.15, 0.2) is 79.0 Å². The zero-order chi connectivity index (χ0) is 21.8. The molecule has 0 unspecified atom stereocenters. The van der Waals surface area contributed by atoms with Gasteiger partial charge in [0.05, 0.1) is 11.7 Å². The van der Waals surface area contributed by atoms with Crippen LogP contribution in [-0.4, -0.2) is 21.3 Å². The zero-order valence-electron chi connectivity index (χ0n) is 17.0. The van der Waals surface area contributed by atoms with Crippen LogP contribution in [0.1, 0.15) is 35.6 Å². The number of hydrogen-bond acceptors (Lipinski definition) is 2. The van der Waals surface area contributed by atoms with Gasteiger partial charge in [0.1, 0.15) is 5.82 Å². The highest BCUT2D eigenvalue weighted by Crippen LogP contribution is 2.35. The molecule has 5 heteroatoms. The molecule has 0 saturated carbocycles. The Hall–Kier alpha value is -3.99. The van der Waals surface area contributed by atoms with Gasteiger partial charge in [0.25, 0.3) is 0 Å². The van der Waals surface area contributed by atoms with Gasteiger partial charge < -0.3 is 5.11 Å². The number of nitrogens with zero attached hydrogens (tertiary/aromatic N) is 1. The topological polar surface area (TPSA) is 66.0 Å². The van der Waals surface area contributed by atoms with Crippen molar-refractivity contribution < 1.29 is 14.3 Å². The van der Waals surface area contributed by atoms with E-state index in [-0.39, 0.29) is 5.82 Å². The first-order chi connectivity index (χ1) is 15.0. The van der Waals surface area contributed by atoms with Crippen molar-refractivity contribution in [3.05, 3.63) is 107 Å². The quantitative estimate of drug-likeness (QED) is 0.294. The molecule has 4 rings (SSSR count). The molecule has 0 aliphatic carbocycles. The van der Waals surface area contributed by atoms with Crippen LogP contribution in [-0.2, 0) is 4.79 Å². The molecule has 0 fully saturated rings. The van der Waals surface area contributed by atoms with Crippen molar-refractivity contribution in [1.29, 1.82) is 0 Å². The zero-order valence-corrected chi connectivity index (χ0v) is 17.0. The SMILES string of the molecule is CC/C(=C(\c1ccc(C=CC(=O)O)cc1)c1ccc2[nH]ncc2c1)c1ccc(F)cc1. The number of carboxylic acids is 1. The maximum Gasteiger partial charge on any atom is 0.328 e. The molecule has 1 aromatic heterocycles. The number of nitrogens with one attached hydrogen (secondary N) is 1. The van der Waals surface area contributed by atoms with Crippen molar-refractivity contribution in [3.63, 3.8) is 0 Å². The number of aromatic amines is 1. The van der Waals surface area contributed by atoms with Gasteiger partial charge in [-0.1, -0.05) is 49.4 Å². The Balaban J connectivity index is 1.89. The summed E-state index contributed by atoms with van der Waals surface area (Å²) in [5.74, 6) is -1.25. The van der Waals surface area contributed by atoms with E-state index in [1.54, 1.807) is 24.4 Å². The Morgan fingerprint density at radius 3 is 2.35 bits per heavy atom. The Bertz CT molecular complexity index is 1280. The second-order valence-corrected chi connectivity index (χ2v) is 7.18. The van der Waals surface area contributed by atoms with E-state index < -0.39 is 5.97 Å². The summed E-state index contributed by atoms with van der Waals surface area (Å²) < 4.78 is 13.5. The second-order valence-electron chi connectivity index (χ2n) is 7.18. The molecule has 31 heavy (non-hydrogen) atoms. The number of rotatable bonds is 6. The largest absolute Gasteiger partial charge is 0.478 e. The fourth-order valence-corrected chi connectivity index (χ4v) is 3.72. The molecule has 0 saturated heterocycles. The third-order valence-electron chi connectivity index (χ3n) is 5.19. The van der Waals surface area contributed by atoms with Gasteiger partial charge in [0, 0.05) is 11.5 Å². The van der Waals surface area contributed by atoms with E-state index >= 15 is 0 Å². The first-order valence-electron chi connectivity index (χ1n) is 9.99. The van der Waals surface area contributed by atoms with Crippen molar-refractivity contribution >= 4 is 34.1 Å². The normalized spacial score (nSPS) is 12.3. The van der Waals surface area contributed by atoms with E-state index in [1.807, 2.05) is 36.4 Å². The summed E-state index contributed by atoms with van der Waals surface area (Å²) in [5.41, 5.74) is 6.89. The molecule has 0 radical (unpaired) electrons. The molecule has 0 aliphatic rings. The fraction of sp³-hybridized carbons (Fsp3) is 0.0769. The molecule has 0 amide bonds. The van der Waals surface area contributed by atoms with Gasteiger partial charge in [-0.2, -0.15) is 5.10 Å². The number of halogens is 1. The highest BCUT2D eigenvalue weighted by Gasteiger charge is 2.14. The number of carboxylic acid groups (broad SMARTS) is 1. The number of aromatic nitrogens is 2. The molecule has 4 aromatic rings. The second kappa shape index (κ2) is 8.79. The van der Waals surface area contributed by atoms with Crippen molar-refractivity contribution in [2.24, 2.45) is 0 Å². The number of fused-ring (bicyclic) bond motifs is 1. The molecular formula is C26H21FN2O2. The summed E-state index contributed by atoms with van der Waals surface area (Å²) in [6.45, 7) is 2.08. The summed E-state index contributed by atoms with van der Waals surface area (Å²) in [7, 11) is 0. The standard InChI is InChI=1S/C26H21FN2O2/c1-2-23(18-8-11-22(27)12-9-18)26(20-10-13-24-21(15-20)16-28-29-24)19-6-3-17(4-7-19)5-14-25(30)31/h3-16H,2H2,1H3,(H,28,29)(H,30,31)/b14-5?,26-23-. The molecule has 0 bridgehead atoms. The van der Waals surface area contributed by atoms with Crippen LogP contribution in [0, 0.1) is 5.82 Å². The predicted molar refractivity (Wildman–Crippen MR) is 122 cm³/mol. The van der Waals surface area contributed by atoms with Gasteiger partial charge in [-0.25, -0.2) is 9.18 Å². The van der Waals surface area contributed by atoms with Crippen molar-refractivity contribution in [1.82, 2.24) is 10.2 Å². The summed E-state index contributed by atoms with van der Waals surface area (Å²) in [6, 6.07) is 20.4. The van der Waals surface area contributed by atoms with Crippen molar-refractivity contribution in [2.45, 2.75) is 13.3 Å². The Morgan fingerprint density at radius 2 is 1.68 bits per heavy atom. The van der Waals surface area contributed by atoms with E-state index in [9.17, 15) is 9.18 Å². The average Bonchev–Trinajstić information content (AvgIpc) is 3.25. The van der Waals surface area contributed by atoms with Crippen LogP contribution >= 0.6 is 0 Å². The minimum atomic E-state index is -0.984. The molecule has 2 N–H and O–H groups in total. The van der Waals surface area contributed by atoms with Crippen molar-refractivity contribution in [3.8, 4) is 0 Å². The Labute approximate surface area is 179 Å². The lowest BCUT2D eigenvalue weighted by Crippen LogP contribution is -1.96. The predicted octanol–water partition coefficient (Wildman–Crippen LogP) is 6.17.